The molecule has 0 radical (unpaired) electrons. The van der Waals surface area contributed by atoms with Crippen LogP contribution in [0.5, 0.6) is 0 Å². The van der Waals surface area contributed by atoms with E-state index in [1.54, 1.807) is 0 Å². The molecule has 1 N–H and O–H groups in total. The second-order valence-electron chi connectivity index (χ2n) is 6.43. The number of hydrogen-bond acceptors (Lipinski definition) is 2. The van der Waals surface area contributed by atoms with Gasteiger partial charge in [0.1, 0.15) is 0 Å². The molecule has 1 unspecified atom stereocenters. The molecule has 0 spiro atoms. The fourth-order valence-electron chi connectivity index (χ4n) is 4.19. The molecule has 1 aromatic rings. The average molecular weight is 273 g/mol. The SMILES string of the molecule is CCNC(c1ccc2c(c1)COC2)C1(CC)CCCC1. The van der Waals surface area contributed by atoms with Crippen molar-refractivity contribution in [2.45, 2.75) is 65.2 Å². The van der Waals surface area contributed by atoms with Crippen LogP contribution in [0.2, 0.25) is 0 Å². The van der Waals surface area contributed by atoms with Gasteiger partial charge >= 0.3 is 0 Å². The summed E-state index contributed by atoms with van der Waals surface area (Å²) in [5, 5.41) is 3.78. The van der Waals surface area contributed by atoms with Crippen LogP contribution < -0.4 is 5.32 Å². The van der Waals surface area contributed by atoms with E-state index < -0.39 is 0 Å². The van der Waals surface area contributed by atoms with E-state index in [0.717, 1.165) is 19.8 Å². The van der Waals surface area contributed by atoms with Gasteiger partial charge in [0, 0.05) is 6.04 Å². The minimum absolute atomic E-state index is 0.462. The van der Waals surface area contributed by atoms with Gasteiger partial charge in [-0.15, -0.1) is 0 Å². The van der Waals surface area contributed by atoms with Gasteiger partial charge in [-0.05, 0) is 47.9 Å². The summed E-state index contributed by atoms with van der Waals surface area (Å²) in [6.07, 6.45) is 6.80. The lowest BCUT2D eigenvalue weighted by Crippen LogP contribution is -2.36. The zero-order valence-corrected chi connectivity index (χ0v) is 12.9. The van der Waals surface area contributed by atoms with Crippen molar-refractivity contribution in [1.29, 1.82) is 0 Å². The lowest BCUT2D eigenvalue weighted by molar-refractivity contribution is 0.134. The van der Waals surface area contributed by atoms with E-state index in [-0.39, 0.29) is 0 Å². The Kier molecular flexibility index (Phi) is 4.13. The highest BCUT2D eigenvalue weighted by molar-refractivity contribution is 5.35. The fraction of sp³-hybridized carbons (Fsp3) is 0.667. The Morgan fingerprint density at radius 2 is 1.90 bits per heavy atom. The molecule has 110 valence electrons. The lowest BCUT2D eigenvalue weighted by atomic mass is 9.73. The van der Waals surface area contributed by atoms with E-state index in [1.165, 1.54) is 48.8 Å². The normalized spacial score (nSPS) is 21.9. The predicted octanol–water partition coefficient (Wildman–Crippen LogP) is 4.34. The van der Waals surface area contributed by atoms with Crippen molar-refractivity contribution in [3.63, 3.8) is 0 Å². The number of fused-ring (bicyclic) bond motifs is 1. The third-order valence-electron chi connectivity index (χ3n) is 5.40. The van der Waals surface area contributed by atoms with E-state index in [2.05, 4.69) is 37.4 Å². The monoisotopic (exact) mass is 273 g/mol. The molecule has 20 heavy (non-hydrogen) atoms. The average Bonchev–Trinajstić information content (AvgIpc) is 3.13. The molecule has 1 fully saturated rings. The third-order valence-corrected chi connectivity index (χ3v) is 5.40. The van der Waals surface area contributed by atoms with Crippen LogP contribution in [0.3, 0.4) is 0 Å². The molecule has 0 amide bonds. The molecule has 3 rings (SSSR count). The van der Waals surface area contributed by atoms with Crippen LogP contribution in [0.1, 0.15) is 68.7 Å². The van der Waals surface area contributed by atoms with Crippen molar-refractivity contribution in [1.82, 2.24) is 5.32 Å². The largest absolute Gasteiger partial charge is 0.372 e. The molecule has 2 nitrogen and oxygen atoms in total. The molecule has 1 atom stereocenters. The second kappa shape index (κ2) is 5.87. The Balaban J connectivity index is 1.93. The molecule has 2 heteroatoms. The van der Waals surface area contributed by atoms with E-state index >= 15 is 0 Å². The number of benzene rings is 1. The van der Waals surface area contributed by atoms with Gasteiger partial charge in [0.15, 0.2) is 0 Å². The highest BCUT2D eigenvalue weighted by Gasteiger charge is 2.40. The molecule has 0 saturated heterocycles. The molecule has 1 heterocycles. The van der Waals surface area contributed by atoms with Crippen LogP contribution in [0.4, 0.5) is 0 Å². The first kappa shape index (κ1) is 14.1. The Morgan fingerprint density at radius 1 is 1.15 bits per heavy atom. The summed E-state index contributed by atoms with van der Waals surface area (Å²) in [5.41, 5.74) is 4.71. The Labute approximate surface area is 122 Å². The summed E-state index contributed by atoms with van der Waals surface area (Å²) in [5.74, 6) is 0. The maximum Gasteiger partial charge on any atom is 0.0725 e. The fourth-order valence-corrected chi connectivity index (χ4v) is 4.19. The third kappa shape index (κ3) is 2.40. The summed E-state index contributed by atoms with van der Waals surface area (Å²) in [6, 6.07) is 7.51. The van der Waals surface area contributed by atoms with Crippen molar-refractivity contribution in [2.75, 3.05) is 6.54 Å². The van der Waals surface area contributed by atoms with Crippen LogP contribution in [0, 0.1) is 5.41 Å². The zero-order valence-electron chi connectivity index (χ0n) is 12.9. The molecule has 1 aliphatic carbocycles. The van der Waals surface area contributed by atoms with Gasteiger partial charge in [0.05, 0.1) is 13.2 Å². The number of rotatable bonds is 5. The van der Waals surface area contributed by atoms with E-state index in [0.29, 0.717) is 11.5 Å². The van der Waals surface area contributed by atoms with Crippen LogP contribution in [0.15, 0.2) is 18.2 Å². The molecular formula is C18H27NO. The van der Waals surface area contributed by atoms with Crippen LogP contribution in [0.25, 0.3) is 0 Å². The van der Waals surface area contributed by atoms with Crippen LogP contribution in [-0.4, -0.2) is 6.54 Å². The maximum absolute atomic E-state index is 5.57. The minimum atomic E-state index is 0.462. The van der Waals surface area contributed by atoms with E-state index in [4.69, 9.17) is 4.74 Å². The van der Waals surface area contributed by atoms with Crippen LogP contribution >= 0.6 is 0 Å². The molecule has 2 aliphatic rings. The van der Waals surface area contributed by atoms with E-state index in [1.807, 2.05) is 0 Å². The number of ether oxygens (including phenoxy) is 1. The standard InChI is InChI=1S/C18H27NO/c1-3-18(9-5-6-10-18)17(19-4-2)14-7-8-15-12-20-13-16(15)11-14/h7-8,11,17,19H,3-6,9-10,12-13H2,1-2H3. The molecule has 1 aliphatic heterocycles. The first-order valence-electron chi connectivity index (χ1n) is 8.22. The first-order valence-corrected chi connectivity index (χ1v) is 8.22. The summed E-state index contributed by atoms with van der Waals surface area (Å²) < 4.78 is 5.57. The first-order chi connectivity index (χ1) is 9.79. The summed E-state index contributed by atoms with van der Waals surface area (Å²) in [6.45, 7) is 7.22. The number of hydrogen-bond donors (Lipinski definition) is 1. The Morgan fingerprint density at radius 3 is 2.60 bits per heavy atom. The van der Waals surface area contributed by atoms with Crippen molar-refractivity contribution in [3.8, 4) is 0 Å². The summed E-state index contributed by atoms with van der Waals surface area (Å²) >= 11 is 0. The molecule has 0 aromatic heterocycles. The lowest BCUT2D eigenvalue weighted by Gasteiger charge is -2.38. The topological polar surface area (TPSA) is 21.3 Å². The summed E-state index contributed by atoms with van der Waals surface area (Å²) in [7, 11) is 0. The number of nitrogens with one attached hydrogen (secondary N) is 1. The van der Waals surface area contributed by atoms with Crippen molar-refractivity contribution < 1.29 is 4.74 Å². The van der Waals surface area contributed by atoms with Crippen molar-refractivity contribution in [3.05, 3.63) is 34.9 Å². The molecule has 0 bridgehead atoms. The highest BCUT2D eigenvalue weighted by Crippen LogP contribution is 2.50. The van der Waals surface area contributed by atoms with Gasteiger partial charge in [0.2, 0.25) is 0 Å². The van der Waals surface area contributed by atoms with Gasteiger partial charge < -0.3 is 10.1 Å². The smallest absolute Gasteiger partial charge is 0.0725 e. The predicted molar refractivity (Wildman–Crippen MR) is 82.5 cm³/mol. The summed E-state index contributed by atoms with van der Waals surface area (Å²) in [4.78, 5) is 0. The Bertz CT molecular complexity index is 462. The maximum atomic E-state index is 5.57. The quantitative estimate of drug-likeness (QED) is 0.861. The minimum Gasteiger partial charge on any atom is -0.372 e. The molecule has 1 saturated carbocycles. The van der Waals surface area contributed by atoms with Crippen LogP contribution in [-0.2, 0) is 18.0 Å². The second-order valence-corrected chi connectivity index (χ2v) is 6.43. The highest BCUT2D eigenvalue weighted by atomic mass is 16.5. The van der Waals surface area contributed by atoms with Crippen molar-refractivity contribution in [2.24, 2.45) is 5.41 Å². The van der Waals surface area contributed by atoms with Gasteiger partial charge in [-0.2, -0.15) is 0 Å². The molecular weight excluding hydrogens is 246 g/mol. The molecule has 1 aromatic carbocycles. The van der Waals surface area contributed by atoms with Crippen molar-refractivity contribution >= 4 is 0 Å². The van der Waals surface area contributed by atoms with Gasteiger partial charge in [-0.25, -0.2) is 0 Å². The van der Waals surface area contributed by atoms with Gasteiger partial charge in [0.25, 0.3) is 0 Å². The van der Waals surface area contributed by atoms with Gasteiger partial charge in [-0.1, -0.05) is 44.9 Å². The Hall–Kier alpha value is -0.860. The zero-order chi connectivity index (χ0) is 14.0. The van der Waals surface area contributed by atoms with E-state index in [9.17, 15) is 0 Å². The van der Waals surface area contributed by atoms with Gasteiger partial charge in [-0.3, -0.25) is 0 Å².